The first-order valence-electron chi connectivity index (χ1n) is 8.55. The summed E-state index contributed by atoms with van der Waals surface area (Å²) in [4.78, 5) is 28.0. The molecule has 2 saturated heterocycles. The maximum Gasteiger partial charge on any atom is 0.242 e. The molecular formula is C18H23ClFN3O2. The number of carbonyl (C=O) groups is 2. The number of nitrogens with zero attached hydrogens (tertiary/aromatic N) is 2. The average Bonchev–Trinajstić information content (AvgIpc) is 2.91. The molecule has 0 bridgehead atoms. The zero-order valence-corrected chi connectivity index (χ0v) is 14.8. The second-order valence-electron chi connectivity index (χ2n) is 7.14. The highest BCUT2D eigenvalue weighted by atomic mass is 35.5. The van der Waals surface area contributed by atoms with Crippen LogP contribution in [0.5, 0.6) is 0 Å². The molecule has 2 N–H and O–H groups in total. The van der Waals surface area contributed by atoms with Crippen molar-refractivity contribution in [2.75, 3.05) is 26.3 Å². The maximum absolute atomic E-state index is 12.6. The van der Waals surface area contributed by atoms with Crippen LogP contribution in [0.4, 0.5) is 4.39 Å². The molecule has 1 aromatic rings. The topological polar surface area (TPSA) is 66.6 Å². The van der Waals surface area contributed by atoms with E-state index < -0.39 is 12.7 Å². The lowest BCUT2D eigenvalue weighted by Gasteiger charge is -2.39. The van der Waals surface area contributed by atoms with Gasteiger partial charge in [0.05, 0.1) is 0 Å². The van der Waals surface area contributed by atoms with Crippen LogP contribution < -0.4 is 5.73 Å². The molecule has 136 valence electrons. The lowest BCUT2D eigenvalue weighted by molar-refractivity contribution is -0.135. The van der Waals surface area contributed by atoms with Crippen LogP contribution in [0.1, 0.15) is 24.8 Å². The highest BCUT2D eigenvalue weighted by Gasteiger charge is 2.45. The van der Waals surface area contributed by atoms with Gasteiger partial charge in [0.2, 0.25) is 11.8 Å². The Labute approximate surface area is 151 Å². The lowest BCUT2D eigenvalue weighted by Crippen LogP contribution is -2.50. The third-order valence-electron chi connectivity index (χ3n) is 5.31. The van der Waals surface area contributed by atoms with Crippen LogP contribution in [-0.4, -0.2) is 54.0 Å². The van der Waals surface area contributed by atoms with Crippen molar-refractivity contribution in [1.29, 1.82) is 0 Å². The van der Waals surface area contributed by atoms with Gasteiger partial charge in [0.15, 0.2) is 0 Å². The van der Waals surface area contributed by atoms with Crippen LogP contribution in [-0.2, 0) is 16.1 Å². The molecule has 0 aliphatic carbocycles. The van der Waals surface area contributed by atoms with E-state index in [1.165, 1.54) is 0 Å². The Hall–Kier alpha value is -1.66. The highest BCUT2D eigenvalue weighted by molar-refractivity contribution is 6.30. The predicted molar refractivity (Wildman–Crippen MR) is 93.7 cm³/mol. The fraction of sp³-hybridized carbons (Fsp3) is 0.556. The quantitative estimate of drug-likeness (QED) is 0.884. The predicted octanol–water partition coefficient (Wildman–Crippen LogP) is 1.98. The monoisotopic (exact) mass is 367 g/mol. The first-order chi connectivity index (χ1) is 11.9. The van der Waals surface area contributed by atoms with E-state index in [2.05, 4.69) is 0 Å². The number of carbonyl (C=O) groups excluding carboxylic acids is 2. The molecule has 7 heteroatoms. The van der Waals surface area contributed by atoms with Gasteiger partial charge in [-0.05, 0) is 30.5 Å². The van der Waals surface area contributed by atoms with Crippen molar-refractivity contribution >= 4 is 23.4 Å². The van der Waals surface area contributed by atoms with E-state index in [0.717, 1.165) is 18.4 Å². The lowest BCUT2D eigenvalue weighted by atomic mass is 9.77. The van der Waals surface area contributed by atoms with Crippen LogP contribution in [0.2, 0.25) is 5.02 Å². The Bertz CT molecular complexity index is 644. The van der Waals surface area contributed by atoms with E-state index in [4.69, 9.17) is 17.3 Å². The van der Waals surface area contributed by atoms with Crippen molar-refractivity contribution in [2.24, 2.45) is 11.1 Å². The number of likely N-dealkylation sites (tertiary alicyclic amines) is 2. The number of alkyl halides is 1. The number of amides is 2. The Morgan fingerprint density at radius 2 is 1.92 bits per heavy atom. The SMILES string of the molecule is N[C@@H](CF)C(=O)N1CCC2(CC1)CC(=O)N(Cc1ccc(Cl)cc1)C2. The molecule has 0 unspecified atom stereocenters. The molecule has 2 aliphatic heterocycles. The fourth-order valence-electron chi connectivity index (χ4n) is 3.77. The zero-order chi connectivity index (χ0) is 18.0. The minimum Gasteiger partial charge on any atom is -0.341 e. The van der Waals surface area contributed by atoms with Gasteiger partial charge in [-0.2, -0.15) is 0 Å². The van der Waals surface area contributed by atoms with E-state index in [-0.39, 0.29) is 17.2 Å². The summed E-state index contributed by atoms with van der Waals surface area (Å²) in [6.07, 6.45) is 2.01. The maximum atomic E-state index is 12.6. The summed E-state index contributed by atoms with van der Waals surface area (Å²) in [5.41, 5.74) is 6.46. The van der Waals surface area contributed by atoms with Crippen molar-refractivity contribution in [2.45, 2.75) is 31.8 Å². The normalized spacial score (nSPS) is 21.0. The minimum absolute atomic E-state index is 0.0832. The van der Waals surface area contributed by atoms with Crippen molar-refractivity contribution in [3.05, 3.63) is 34.9 Å². The van der Waals surface area contributed by atoms with Gasteiger partial charge >= 0.3 is 0 Å². The summed E-state index contributed by atoms with van der Waals surface area (Å²) in [6, 6.07) is 6.44. The van der Waals surface area contributed by atoms with E-state index in [0.29, 0.717) is 37.6 Å². The van der Waals surface area contributed by atoms with Gasteiger partial charge in [-0.1, -0.05) is 23.7 Å². The molecule has 2 heterocycles. The molecule has 1 spiro atoms. The second kappa shape index (κ2) is 7.30. The summed E-state index contributed by atoms with van der Waals surface area (Å²) >= 11 is 5.90. The number of rotatable bonds is 4. The molecule has 2 amide bonds. The van der Waals surface area contributed by atoms with Gasteiger partial charge in [0, 0.05) is 43.0 Å². The van der Waals surface area contributed by atoms with Gasteiger partial charge in [0.25, 0.3) is 0 Å². The van der Waals surface area contributed by atoms with Crippen LogP contribution in [0, 0.1) is 5.41 Å². The third kappa shape index (κ3) is 3.96. The van der Waals surface area contributed by atoms with Crippen molar-refractivity contribution < 1.29 is 14.0 Å². The zero-order valence-electron chi connectivity index (χ0n) is 14.1. The van der Waals surface area contributed by atoms with Gasteiger partial charge in [0.1, 0.15) is 12.7 Å². The first-order valence-corrected chi connectivity index (χ1v) is 8.93. The molecule has 2 aliphatic rings. The second-order valence-corrected chi connectivity index (χ2v) is 7.58. The molecule has 0 radical (unpaired) electrons. The number of halogens is 2. The Morgan fingerprint density at radius 1 is 1.28 bits per heavy atom. The summed E-state index contributed by atoms with van der Waals surface area (Å²) in [5.74, 6) is -0.185. The number of hydrogen-bond donors (Lipinski definition) is 1. The van der Waals surface area contributed by atoms with Crippen molar-refractivity contribution in [3.8, 4) is 0 Å². The summed E-state index contributed by atoms with van der Waals surface area (Å²) in [5, 5.41) is 0.677. The molecular weight excluding hydrogens is 345 g/mol. The number of piperidine rings is 1. The number of hydrogen-bond acceptors (Lipinski definition) is 3. The summed E-state index contributed by atoms with van der Waals surface area (Å²) < 4.78 is 12.6. The molecule has 1 atom stereocenters. The van der Waals surface area contributed by atoms with Crippen LogP contribution in [0.25, 0.3) is 0 Å². The molecule has 25 heavy (non-hydrogen) atoms. The standard InChI is InChI=1S/C18H23ClFN3O2/c19-14-3-1-13(2-4-14)11-23-12-18(9-16(23)24)5-7-22(8-6-18)17(25)15(21)10-20/h1-4,15H,5-12,21H2/t15-/m0/s1. The molecule has 3 rings (SSSR count). The third-order valence-corrected chi connectivity index (χ3v) is 5.56. The number of nitrogens with two attached hydrogens (primary N) is 1. The van der Waals surface area contributed by atoms with E-state index >= 15 is 0 Å². The van der Waals surface area contributed by atoms with Gasteiger partial charge < -0.3 is 15.5 Å². The summed E-state index contributed by atoms with van der Waals surface area (Å²) in [7, 11) is 0. The van der Waals surface area contributed by atoms with Gasteiger partial charge in [-0.25, -0.2) is 4.39 Å². The first kappa shape index (κ1) is 18.1. The number of benzene rings is 1. The molecule has 0 saturated carbocycles. The largest absolute Gasteiger partial charge is 0.341 e. The van der Waals surface area contributed by atoms with Crippen molar-refractivity contribution in [3.63, 3.8) is 0 Å². The van der Waals surface area contributed by atoms with E-state index in [1.807, 2.05) is 29.2 Å². The van der Waals surface area contributed by atoms with Crippen LogP contribution in [0.3, 0.4) is 0 Å². The summed E-state index contributed by atoms with van der Waals surface area (Å²) in [6.45, 7) is 1.51. The average molecular weight is 368 g/mol. The van der Waals surface area contributed by atoms with Crippen LogP contribution >= 0.6 is 11.6 Å². The fourth-order valence-corrected chi connectivity index (χ4v) is 3.90. The highest BCUT2D eigenvalue weighted by Crippen LogP contribution is 2.41. The van der Waals surface area contributed by atoms with Gasteiger partial charge in [-0.15, -0.1) is 0 Å². The molecule has 5 nitrogen and oxygen atoms in total. The molecule has 0 aromatic heterocycles. The Balaban J connectivity index is 1.59. The smallest absolute Gasteiger partial charge is 0.242 e. The van der Waals surface area contributed by atoms with E-state index in [9.17, 15) is 14.0 Å². The van der Waals surface area contributed by atoms with Crippen LogP contribution in [0.15, 0.2) is 24.3 Å². The minimum atomic E-state index is -1.07. The molecule has 1 aromatic carbocycles. The Morgan fingerprint density at radius 3 is 2.52 bits per heavy atom. The van der Waals surface area contributed by atoms with Gasteiger partial charge in [-0.3, -0.25) is 9.59 Å². The molecule has 2 fully saturated rings. The van der Waals surface area contributed by atoms with E-state index in [1.54, 1.807) is 4.90 Å². The van der Waals surface area contributed by atoms with Crippen molar-refractivity contribution in [1.82, 2.24) is 9.80 Å². The Kier molecular flexibility index (Phi) is 5.29.